The van der Waals surface area contributed by atoms with Crippen LogP contribution in [0.25, 0.3) is 0 Å². The van der Waals surface area contributed by atoms with Crippen LogP contribution in [0, 0.1) is 0 Å². The number of ether oxygens (including phenoxy) is 1. The maximum Gasteiger partial charge on any atom is 0.120 e. The average molecular weight is 220 g/mol. The maximum atomic E-state index is 10.0. The highest BCUT2D eigenvalue weighted by Crippen LogP contribution is 2.31. The largest absolute Gasteiger partial charge is 0.491 e. The minimum atomic E-state index is -0.312. The summed E-state index contributed by atoms with van der Waals surface area (Å²) in [4.78, 5) is 0. The van der Waals surface area contributed by atoms with Crippen LogP contribution in [-0.2, 0) is 6.42 Å². The van der Waals surface area contributed by atoms with Crippen molar-refractivity contribution in [1.82, 2.24) is 0 Å². The quantitative estimate of drug-likeness (QED) is 0.775. The van der Waals surface area contributed by atoms with E-state index in [0.717, 1.165) is 30.6 Å². The Labute approximate surface area is 97.3 Å². The van der Waals surface area contributed by atoms with Gasteiger partial charge in [-0.25, -0.2) is 0 Å². The van der Waals surface area contributed by atoms with Crippen LogP contribution in [0.5, 0.6) is 5.75 Å². The van der Waals surface area contributed by atoms with Gasteiger partial charge in [0.15, 0.2) is 0 Å². The molecule has 1 atom stereocenters. The molecule has 1 aliphatic carbocycles. The summed E-state index contributed by atoms with van der Waals surface area (Å²) in [6.07, 6.45) is 4.10. The standard InChI is InChI=1S/C14H20O2/c1-10(2)16-12-8-7-11-5-3-4-6-14(15)13(11)9-12/h7-10,14-15H,3-6H2,1-2H3/t14-/m0/s1. The lowest BCUT2D eigenvalue weighted by Gasteiger charge is -2.15. The Morgan fingerprint density at radius 1 is 1.31 bits per heavy atom. The molecule has 0 amide bonds. The van der Waals surface area contributed by atoms with Gasteiger partial charge in [0.05, 0.1) is 12.2 Å². The molecule has 0 aromatic heterocycles. The summed E-state index contributed by atoms with van der Waals surface area (Å²) in [5, 5.41) is 10.0. The minimum absolute atomic E-state index is 0.181. The Morgan fingerprint density at radius 3 is 2.88 bits per heavy atom. The second-order valence-electron chi connectivity index (χ2n) is 4.79. The highest BCUT2D eigenvalue weighted by atomic mass is 16.5. The number of aliphatic hydroxyl groups excluding tert-OH is 1. The van der Waals surface area contributed by atoms with Crippen LogP contribution in [0.2, 0.25) is 0 Å². The molecule has 1 aromatic rings. The van der Waals surface area contributed by atoms with Gasteiger partial charge in [-0.3, -0.25) is 0 Å². The molecule has 88 valence electrons. The summed E-state index contributed by atoms with van der Waals surface area (Å²) >= 11 is 0. The normalized spacial score (nSPS) is 20.4. The van der Waals surface area contributed by atoms with E-state index in [1.807, 2.05) is 26.0 Å². The first-order chi connectivity index (χ1) is 7.66. The number of rotatable bonds is 2. The fourth-order valence-electron chi connectivity index (χ4n) is 2.27. The molecule has 0 fully saturated rings. The van der Waals surface area contributed by atoms with Crippen molar-refractivity contribution in [2.45, 2.75) is 51.7 Å². The summed E-state index contributed by atoms with van der Waals surface area (Å²) in [6, 6.07) is 6.11. The molecule has 2 rings (SSSR count). The van der Waals surface area contributed by atoms with Crippen molar-refractivity contribution >= 4 is 0 Å². The van der Waals surface area contributed by atoms with E-state index in [2.05, 4.69) is 6.07 Å². The lowest BCUT2D eigenvalue weighted by molar-refractivity contribution is 0.165. The van der Waals surface area contributed by atoms with Crippen LogP contribution in [0.1, 0.15) is 50.3 Å². The molecule has 2 nitrogen and oxygen atoms in total. The van der Waals surface area contributed by atoms with Crippen molar-refractivity contribution in [2.75, 3.05) is 0 Å². The van der Waals surface area contributed by atoms with E-state index < -0.39 is 0 Å². The molecule has 16 heavy (non-hydrogen) atoms. The highest BCUT2D eigenvalue weighted by molar-refractivity contribution is 5.37. The van der Waals surface area contributed by atoms with E-state index in [9.17, 15) is 5.11 Å². The van der Waals surface area contributed by atoms with Gasteiger partial charge in [-0.1, -0.05) is 12.5 Å². The van der Waals surface area contributed by atoms with E-state index in [4.69, 9.17) is 4.74 Å². The van der Waals surface area contributed by atoms with Crippen molar-refractivity contribution in [3.63, 3.8) is 0 Å². The van der Waals surface area contributed by atoms with E-state index in [1.54, 1.807) is 0 Å². The average Bonchev–Trinajstić information content (AvgIpc) is 2.41. The molecule has 0 aliphatic heterocycles. The first-order valence-corrected chi connectivity index (χ1v) is 6.14. The topological polar surface area (TPSA) is 29.5 Å². The number of benzene rings is 1. The molecule has 0 heterocycles. The zero-order valence-electron chi connectivity index (χ0n) is 10.1. The van der Waals surface area contributed by atoms with Crippen molar-refractivity contribution < 1.29 is 9.84 Å². The third-order valence-corrected chi connectivity index (χ3v) is 3.02. The van der Waals surface area contributed by atoms with Gasteiger partial charge < -0.3 is 9.84 Å². The summed E-state index contributed by atoms with van der Waals surface area (Å²) in [6.45, 7) is 4.03. The molecule has 0 unspecified atom stereocenters. The van der Waals surface area contributed by atoms with Crippen LogP contribution in [0.3, 0.4) is 0 Å². The molecule has 0 spiro atoms. The fourth-order valence-corrected chi connectivity index (χ4v) is 2.27. The zero-order chi connectivity index (χ0) is 11.5. The van der Waals surface area contributed by atoms with Crippen molar-refractivity contribution in [1.29, 1.82) is 0 Å². The van der Waals surface area contributed by atoms with Gasteiger partial charge in [0.1, 0.15) is 5.75 Å². The van der Waals surface area contributed by atoms with Gasteiger partial charge in [0.2, 0.25) is 0 Å². The third-order valence-electron chi connectivity index (χ3n) is 3.02. The van der Waals surface area contributed by atoms with Gasteiger partial charge >= 0.3 is 0 Å². The molecule has 1 aromatic carbocycles. The Bertz CT molecular complexity index is 358. The zero-order valence-corrected chi connectivity index (χ0v) is 10.1. The Hall–Kier alpha value is -1.02. The van der Waals surface area contributed by atoms with Crippen molar-refractivity contribution in [2.24, 2.45) is 0 Å². The Balaban J connectivity index is 2.28. The molecular weight excluding hydrogens is 200 g/mol. The van der Waals surface area contributed by atoms with Crippen LogP contribution < -0.4 is 4.74 Å². The Morgan fingerprint density at radius 2 is 2.12 bits per heavy atom. The first kappa shape index (κ1) is 11.5. The van der Waals surface area contributed by atoms with E-state index in [1.165, 1.54) is 12.0 Å². The number of aryl methyl sites for hydroxylation is 1. The van der Waals surface area contributed by atoms with Crippen molar-refractivity contribution in [3.05, 3.63) is 29.3 Å². The maximum absolute atomic E-state index is 10.0. The number of fused-ring (bicyclic) bond motifs is 1. The third kappa shape index (κ3) is 2.56. The second-order valence-corrected chi connectivity index (χ2v) is 4.79. The summed E-state index contributed by atoms with van der Waals surface area (Å²) in [5.41, 5.74) is 2.34. The van der Waals surface area contributed by atoms with Crippen LogP contribution >= 0.6 is 0 Å². The molecule has 0 saturated heterocycles. The van der Waals surface area contributed by atoms with Crippen LogP contribution in [-0.4, -0.2) is 11.2 Å². The predicted molar refractivity (Wildman–Crippen MR) is 64.7 cm³/mol. The molecule has 2 heteroatoms. The first-order valence-electron chi connectivity index (χ1n) is 6.14. The number of hydrogen-bond acceptors (Lipinski definition) is 2. The molecular formula is C14H20O2. The van der Waals surface area contributed by atoms with Gasteiger partial charge in [-0.05, 0) is 56.4 Å². The van der Waals surface area contributed by atoms with E-state index >= 15 is 0 Å². The summed E-state index contributed by atoms with van der Waals surface area (Å²) in [7, 11) is 0. The summed E-state index contributed by atoms with van der Waals surface area (Å²) < 4.78 is 5.66. The van der Waals surface area contributed by atoms with Gasteiger partial charge in [-0.2, -0.15) is 0 Å². The second kappa shape index (κ2) is 4.88. The fraction of sp³-hybridized carbons (Fsp3) is 0.571. The monoisotopic (exact) mass is 220 g/mol. The van der Waals surface area contributed by atoms with E-state index in [-0.39, 0.29) is 12.2 Å². The van der Waals surface area contributed by atoms with Crippen LogP contribution in [0.15, 0.2) is 18.2 Å². The molecule has 0 saturated carbocycles. The molecule has 0 bridgehead atoms. The van der Waals surface area contributed by atoms with E-state index in [0.29, 0.717) is 0 Å². The number of hydrogen-bond donors (Lipinski definition) is 1. The lowest BCUT2D eigenvalue weighted by atomic mass is 10.0. The van der Waals surface area contributed by atoms with Crippen LogP contribution in [0.4, 0.5) is 0 Å². The number of aliphatic hydroxyl groups is 1. The Kier molecular flexibility index (Phi) is 3.49. The highest BCUT2D eigenvalue weighted by Gasteiger charge is 2.17. The SMILES string of the molecule is CC(C)Oc1ccc2c(c1)[C@@H](O)CCCC2. The molecule has 1 aliphatic rings. The van der Waals surface area contributed by atoms with Gasteiger partial charge in [0.25, 0.3) is 0 Å². The lowest BCUT2D eigenvalue weighted by Crippen LogP contribution is -2.07. The predicted octanol–water partition coefficient (Wildman–Crippen LogP) is 3.23. The molecule has 0 radical (unpaired) electrons. The van der Waals surface area contributed by atoms with Gasteiger partial charge in [0, 0.05) is 0 Å². The minimum Gasteiger partial charge on any atom is -0.491 e. The van der Waals surface area contributed by atoms with Crippen molar-refractivity contribution in [3.8, 4) is 5.75 Å². The van der Waals surface area contributed by atoms with Gasteiger partial charge in [-0.15, -0.1) is 0 Å². The molecule has 1 N–H and O–H groups in total. The smallest absolute Gasteiger partial charge is 0.120 e. The summed E-state index contributed by atoms with van der Waals surface area (Å²) in [5.74, 6) is 0.870.